The molecule has 0 aromatic heterocycles. The van der Waals surface area contributed by atoms with Gasteiger partial charge in [-0.25, -0.2) is 4.79 Å². The minimum atomic E-state index is -0.258. The van der Waals surface area contributed by atoms with Gasteiger partial charge < -0.3 is 14.6 Å². The zero-order chi connectivity index (χ0) is 16.1. The molecule has 1 aromatic rings. The fourth-order valence-corrected chi connectivity index (χ4v) is 2.98. The number of aromatic hydroxyl groups is 1. The van der Waals surface area contributed by atoms with Crippen LogP contribution in [0.4, 0.5) is 0 Å². The van der Waals surface area contributed by atoms with Gasteiger partial charge in [0.2, 0.25) is 0 Å². The monoisotopic (exact) mass is 304 g/mol. The Morgan fingerprint density at radius 1 is 1.36 bits per heavy atom. The first-order valence-electron chi connectivity index (χ1n) is 7.71. The number of ether oxygens (including phenoxy) is 2. The largest absolute Gasteiger partial charge is 0.508 e. The molecule has 0 saturated heterocycles. The predicted molar refractivity (Wildman–Crippen MR) is 84.4 cm³/mol. The van der Waals surface area contributed by atoms with Gasteiger partial charge in [0.05, 0.1) is 6.10 Å². The Balaban J connectivity index is 1.95. The van der Waals surface area contributed by atoms with Crippen molar-refractivity contribution in [3.8, 4) is 5.75 Å². The molecule has 4 nitrogen and oxygen atoms in total. The third kappa shape index (κ3) is 4.10. The van der Waals surface area contributed by atoms with Crippen molar-refractivity contribution >= 4 is 5.97 Å². The van der Waals surface area contributed by atoms with Gasteiger partial charge in [0.25, 0.3) is 0 Å². The molecule has 120 valence electrons. The molecule has 0 unspecified atom stereocenters. The van der Waals surface area contributed by atoms with Crippen molar-refractivity contribution in [1.82, 2.24) is 0 Å². The van der Waals surface area contributed by atoms with Crippen molar-refractivity contribution in [2.75, 3.05) is 7.11 Å². The second-order valence-corrected chi connectivity index (χ2v) is 5.99. The second-order valence-electron chi connectivity index (χ2n) is 5.99. The van der Waals surface area contributed by atoms with Gasteiger partial charge in [-0.15, -0.1) is 0 Å². The highest BCUT2D eigenvalue weighted by Gasteiger charge is 2.29. The van der Waals surface area contributed by atoms with Gasteiger partial charge in [0, 0.05) is 19.1 Å². The maximum atomic E-state index is 11.4. The molecule has 0 radical (unpaired) electrons. The summed E-state index contributed by atoms with van der Waals surface area (Å²) >= 11 is 0. The minimum Gasteiger partial charge on any atom is -0.508 e. The van der Waals surface area contributed by atoms with Crippen molar-refractivity contribution < 1.29 is 19.4 Å². The molecule has 1 heterocycles. The molecule has 0 saturated carbocycles. The maximum absolute atomic E-state index is 11.4. The number of phenolic OH excluding ortho intramolecular Hbond substituents is 1. The molecule has 0 spiro atoms. The molecule has 0 bridgehead atoms. The third-order valence-corrected chi connectivity index (χ3v) is 4.28. The van der Waals surface area contributed by atoms with Crippen LogP contribution < -0.4 is 0 Å². The van der Waals surface area contributed by atoms with Crippen molar-refractivity contribution in [2.24, 2.45) is 11.8 Å². The second kappa shape index (κ2) is 7.45. The fourth-order valence-electron chi connectivity index (χ4n) is 2.98. The molecule has 1 aromatic carbocycles. The van der Waals surface area contributed by atoms with E-state index in [9.17, 15) is 9.90 Å². The van der Waals surface area contributed by atoms with Gasteiger partial charge in [-0.05, 0) is 36.5 Å². The van der Waals surface area contributed by atoms with E-state index in [0.29, 0.717) is 0 Å². The molecule has 1 aliphatic heterocycles. The van der Waals surface area contributed by atoms with Crippen LogP contribution in [0, 0.1) is 11.8 Å². The van der Waals surface area contributed by atoms with Crippen molar-refractivity contribution in [3.63, 3.8) is 0 Å². The number of hydrogen-bond donors (Lipinski definition) is 1. The summed E-state index contributed by atoms with van der Waals surface area (Å²) in [7, 11) is 1.67. The first kappa shape index (κ1) is 16.6. The SMILES string of the molecule is CO[C@@H](CC[C@H](C)[C@H]1OC(=O)C=C[C@@H]1C)c1cccc(O)c1. The van der Waals surface area contributed by atoms with Crippen LogP contribution in [0.1, 0.15) is 38.4 Å². The number of carbonyl (C=O) groups is 1. The summed E-state index contributed by atoms with van der Waals surface area (Å²) < 4.78 is 11.0. The summed E-state index contributed by atoms with van der Waals surface area (Å²) in [5.74, 6) is 0.465. The van der Waals surface area contributed by atoms with Crippen LogP contribution in [0.5, 0.6) is 5.75 Å². The molecule has 4 atom stereocenters. The molecule has 0 aliphatic carbocycles. The highest BCUT2D eigenvalue weighted by molar-refractivity contribution is 5.82. The highest BCUT2D eigenvalue weighted by Crippen LogP contribution is 2.30. The van der Waals surface area contributed by atoms with Crippen LogP contribution in [0.3, 0.4) is 0 Å². The molecular weight excluding hydrogens is 280 g/mol. The quantitative estimate of drug-likeness (QED) is 0.816. The highest BCUT2D eigenvalue weighted by atomic mass is 16.5. The van der Waals surface area contributed by atoms with Gasteiger partial charge in [0.15, 0.2) is 0 Å². The normalized spacial score (nSPS) is 23.9. The van der Waals surface area contributed by atoms with Crippen molar-refractivity contribution in [3.05, 3.63) is 42.0 Å². The zero-order valence-corrected chi connectivity index (χ0v) is 13.4. The summed E-state index contributed by atoms with van der Waals surface area (Å²) in [4.78, 5) is 11.4. The molecule has 0 fully saturated rings. The van der Waals surface area contributed by atoms with Gasteiger partial charge in [-0.3, -0.25) is 0 Å². The van der Waals surface area contributed by atoms with E-state index < -0.39 is 0 Å². The Bertz CT molecular complexity index is 538. The summed E-state index contributed by atoms with van der Waals surface area (Å²) in [6.45, 7) is 4.16. The lowest BCUT2D eigenvalue weighted by Crippen LogP contribution is -2.33. The molecule has 22 heavy (non-hydrogen) atoms. The number of carbonyl (C=O) groups excluding carboxylic acids is 1. The summed E-state index contributed by atoms with van der Waals surface area (Å²) in [6, 6.07) is 7.14. The Hall–Kier alpha value is -1.81. The van der Waals surface area contributed by atoms with E-state index in [0.717, 1.165) is 18.4 Å². The van der Waals surface area contributed by atoms with E-state index in [4.69, 9.17) is 9.47 Å². The van der Waals surface area contributed by atoms with Crippen molar-refractivity contribution in [1.29, 1.82) is 0 Å². The van der Waals surface area contributed by atoms with Crippen LogP contribution in [0.15, 0.2) is 36.4 Å². The summed E-state index contributed by atoms with van der Waals surface area (Å²) in [5.41, 5.74) is 0.961. The van der Waals surface area contributed by atoms with E-state index in [1.165, 1.54) is 6.08 Å². The number of hydrogen-bond acceptors (Lipinski definition) is 4. The lowest BCUT2D eigenvalue weighted by Gasteiger charge is -2.30. The topological polar surface area (TPSA) is 55.8 Å². The molecule has 4 heteroatoms. The average molecular weight is 304 g/mol. The number of methoxy groups -OCH3 is 1. The molecule has 1 aliphatic rings. The van der Waals surface area contributed by atoms with Crippen LogP contribution in [-0.2, 0) is 14.3 Å². The molecular formula is C18H24O4. The Kier molecular flexibility index (Phi) is 5.61. The van der Waals surface area contributed by atoms with Crippen LogP contribution in [-0.4, -0.2) is 24.3 Å². The Labute approximate surface area is 131 Å². The van der Waals surface area contributed by atoms with E-state index in [-0.39, 0.29) is 35.8 Å². The molecule has 1 N–H and O–H groups in total. The first-order chi connectivity index (χ1) is 10.5. The van der Waals surface area contributed by atoms with Crippen LogP contribution in [0.25, 0.3) is 0 Å². The standard InChI is InChI=1S/C18H24O4/c1-12(18-13(2)8-10-17(20)22-18)7-9-16(21-3)14-5-4-6-15(19)11-14/h4-6,8,10-13,16,18-19H,7,9H2,1-3H3/t12-,13-,16-,18+/m0/s1. The lowest BCUT2D eigenvalue weighted by atomic mass is 9.87. The number of benzene rings is 1. The number of esters is 1. The smallest absolute Gasteiger partial charge is 0.330 e. The Morgan fingerprint density at radius 3 is 2.82 bits per heavy atom. The van der Waals surface area contributed by atoms with E-state index in [1.807, 2.05) is 18.2 Å². The maximum Gasteiger partial charge on any atom is 0.330 e. The number of rotatable bonds is 6. The fraction of sp³-hybridized carbons (Fsp3) is 0.500. The van der Waals surface area contributed by atoms with Crippen LogP contribution in [0.2, 0.25) is 0 Å². The Morgan fingerprint density at radius 2 is 2.14 bits per heavy atom. The van der Waals surface area contributed by atoms with Gasteiger partial charge >= 0.3 is 5.97 Å². The zero-order valence-electron chi connectivity index (χ0n) is 13.4. The minimum absolute atomic E-state index is 0.0697. The third-order valence-electron chi connectivity index (χ3n) is 4.28. The number of cyclic esters (lactones) is 1. The molecule has 2 rings (SSSR count). The van der Waals surface area contributed by atoms with E-state index in [1.54, 1.807) is 19.2 Å². The van der Waals surface area contributed by atoms with Gasteiger partial charge in [0.1, 0.15) is 11.9 Å². The van der Waals surface area contributed by atoms with Crippen LogP contribution >= 0.6 is 0 Å². The van der Waals surface area contributed by atoms with E-state index in [2.05, 4.69) is 13.8 Å². The van der Waals surface area contributed by atoms with E-state index >= 15 is 0 Å². The lowest BCUT2D eigenvalue weighted by molar-refractivity contribution is -0.149. The van der Waals surface area contributed by atoms with Crippen molar-refractivity contribution in [2.45, 2.75) is 38.9 Å². The molecule has 0 amide bonds. The summed E-state index contributed by atoms with van der Waals surface area (Å²) in [6.07, 6.45) is 4.95. The number of phenols is 1. The first-order valence-corrected chi connectivity index (χ1v) is 7.71. The predicted octanol–water partition coefficient (Wildman–Crippen LogP) is 3.61. The van der Waals surface area contributed by atoms with Gasteiger partial charge in [-0.2, -0.15) is 0 Å². The average Bonchev–Trinajstić information content (AvgIpc) is 2.50. The summed E-state index contributed by atoms with van der Waals surface area (Å²) in [5, 5.41) is 9.58. The van der Waals surface area contributed by atoms with Gasteiger partial charge in [-0.1, -0.05) is 32.1 Å².